The van der Waals surface area contributed by atoms with Crippen LogP contribution in [0.1, 0.15) is 389 Å². The van der Waals surface area contributed by atoms with Crippen LogP contribution in [0.25, 0.3) is 6.08 Å². The van der Waals surface area contributed by atoms with Crippen molar-refractivity contribution in [2.24, 2.45) is 94.7 Å². The maximum Gasteiger partial charge on any atom is 0.201 e. The molecule has 1 atom stereocenters. The average Bonchev–Trinajstić information content (AvgIpc) is 1.11. The highest BCUT2D eigenvalue weighted by Gasteiger charge is 2.37. The summed E-state index contributed by atoms with van der Waals surface area (Å²) >= 11 is 0. The van der Waals surface area contributed by atoms with E-state index in [2.05, 4.69) is 33.8 Å². The summed E-state index contributed by atoms with van der Waals surface area (Å²) in [5, 5.41) is 10.7. The number of carbonyl (C=O) groups excluding carboxylic acids is 1. The van der Waals surface area contributed by atoms with Crippen LogP contribution in [-0.4, -0.2) is 51.0 Å². The third kappa shape index (κ3) is 32.8. The Morgan fingerprint density at radius 2 is 0.691 bits per heavy atom. The second-order valence-corrected chi connectivity index (χ2v) is 39.2. The minimum Gasteiger partial charge on any atom is -0.491 e. The highest BCUT2D eigenvalue weighted by atomic mass is 19.2. The van der Waals surface area contributed by atoms with Gasteiger partial charge in [-0.25, -0.2) is 17.6 Å². The molecule has 9 fully saturated rings. The molecule has 1 saturated heterocycles. The molecule has 8 saturated carbocycles. The normalized spacial score (nSPS) is 27.5. The van der Waals surface area contributed by atoms with E-state index in [1.807, 2.05) is 13.8 Å². The molecule has 0 amide bonds. The van der Waals surface area contributed by atoms with Crippen molar-refractivity contribution in [3.05, 3.63) is 122 Å². The number of allylic oxidation sites excluding steroid dienone is 1. The van der Waals surface area contributed by atoms with Crippen molar-refractivity contribution >= 4 is 12.4 Å². The summed E-state index contributed by atoms with van der Waals surface area (Å²) in [5.74, 6) is 6.63. The molecule has 1 unspecified atom stereocenters. The van der Waals surface area contributed by atoms with Gasteiger partial charge < -0.3 is 33.6 Å². The molecule has 0 aromatic heterocycles. The van der Waals surface area contributed by atoms with Gasteiger partial charge in [0.25, 0.3) is 0 Å². The first kappa shape index (κ1) is 103. The van der Waals surface area contributed by atoms with Gasteiger partial charge in [0.05, 0.1) is 32.5 Å². The molecule has 1 aliphatic heterocycles. The number of aliphatic hydroxyl groups excluding tert-OH is 1. The Bertz CT molecular complexity index is 3640. The molecule has 4 aromatic rings. The molecule has 15 heteroatoms. The summed E-state index contributed by atoms with van der Waals surface area (Å²) in [6, 6.07) is 7.38. The van der Waals surface area contributed by atoms with Gasteiger partial charge in [0.1, 0.15) is 6.29 Å². The molecule has 7 nitrogen and oxygen atoms in total. The zero-order chi connectivity index (χ0) is 88.7. The summed E-state index contributed by atoms with van der Waals surface area (Å²) in [5.41, 5.74) is 3.75. The van der Waals surface area contributed by atoms with Crippen molar-refractivity contribution < 1.29 is 68.7 Å². The van der Waals surface area contributed by atoms with Crippen molar-refractivity contribution in [1.82, 2.24) is 0 Å². The van der Waals surface area contributed by atoms with Crippen molar-refractivity contribution in [2.45, 2.75) is 385 Å². The van der Waals surface area contributed by atoms with Gasteiger partial charge in [-0.3, -0.25) is 0 Å². The number of rotatable bonds is 30. The second kappa shape index (κ2) is 55.7. The van der Waals surface area contributed by atoms with Crippen LogP contribution in [0, 0.1) is 169 Å². The zero-order valence-corrected chi connectivity index (χ0v) is 78.6. The second-order valence-electron chi connectivity index (χ2n) is 39.2. The Hall–Kier alpha value is -5.15. The molecular formula is C108H166F8O7. The third-order valence-corrected chi connectivity index (χ3v) is 30.7. The molecule has 0 spiro atoms. The van der Waals surface area contributed by atoms with Crippen LogP contribution in [0.3, 0.4) is 0 Å². The molecule has 8 aliphatic carbocycles. The molecule has 4 aromatic carbocycles. The summed E-state index contributed by atoms with van der Waals surface area (Å²) in [4.78, 5) is 10.6. The van der Waals surface area contributed by atoms with E-state index in [0.717, 1.165) is 139 Å². The number of carbonyl (C=O) groups is 1. The number of aldehydes is 1. The van der Waals surface area contributed by atoms with Gasteiger partial charge in [-0.2, -0.15) is 17.6 Å². The number of aryl methyl sites for hydroxylation is 4. The lowest BCUT2D eigenvalue weighted by Crippen LogP contribution is -2.26. The van der Waals surface area contributed by atoms with Crippen LogP contribution in [0.4, 0.5) is 35.1 Å². The highest BCUT2D eigenvalue weighted by molar-refractivity contribution is 5.57. The Labute approximate surface area is 740 Å². The minimum atomic E-state index is -0.987. The Balaban J connectivity index is 0.000000193. The van der Waals surface area contributed by atoms with Crippen LogP contribution < -0.4 is 18.9 Å². The first-order valence-corrected chi connectivity index (χ1v) is 50.3. The summed E-state index contributed by atoms with van der Waals surface area (Å²) in [6.45, 7) is 26.6. The molecule has 1 N–H and O–H groups in total. The summed E-state index contributed by atoms with van der Waals surface area (Å²) in [6.07, 6.45) is 63.8. The standard InChI is InChI=1S/C26H40F2O2.C26H40F2O.C26H38F2O.C17H30O.C9H10F2O.C4H8O/c1-4-6-18-7-11-20(12-8-18)21-13-9-19(10-14-21)16-22(29)24-17(3)15-23(30-5-2)25(27)26(24)28;2*1-4-6-19-7-12-21(13-8-19)22-14-9-20(10-15-22)11-16-23-18(3)17-24(29-5-2)26(28)25(23)27;1-2-3-14-4-8-16(9-5-14)17-10-6-15(7-11-17)12-13-18;1-3-12-8-5-6(2)4-7(10)9(8)11;1-2-4-5-3-1/h15,18-22,29H,4-14,16H2,1-3H3;17,19-22H,4-16H2,1-3H3;11,16-17,19-22H,4-10,12-15H2,1-3H3;13-17H,2-12H2,1H3;4-5H,3H2,1-2H3;1-4H2/b;;16-11+;;;. The highest BCUT2D eigenvalue weighted by Crippen LogP contribution is 2.49. The van der Waals surface area contributed by atoms with Gasteiger partial charge in [0, 0.05) is 30.8 Å². The lowest BCUT2D eigenvalue weighted by molar-refractivity contribution is -0.108. The van der Waals surface area contributed by atoms with Crippen LogP contribution >= 0.6 is 0 Å². The largest absolute Gasteiger partial charge is 0.491 e. The number of hydrogen-bond acceptors (Lipinski definition) is 7. The van der Waals surface area contributed by atoms with E-state index in [4.69, 9.17) is 23.7 Å². The molecule has 13 rings (SSSR count). The van der Waals surface area contributed by atoms with Gasteiger partial charge in [0.2, 0.25) is 23.3 Å². The van der Waals surface area contributed by atoms with E-state index < -0.39 is 52.6 Å². The summed E-state index contributed by atoms with van der Waals surface area (Å²) < 4.78 is 137. The molecule has 9 aliphatic rings. The van der Waals surface area contributed by atoms with Crippen molar-refractivity contribution in [3.63, 3.8) is 0 Å². The van der Waals surface area contributed by atoms with E-state index in [9.17, 15) is 45.0 Å². The summed E-state index contributed by atoms with van der Waals surface area (Å²) in [7, 11) is 0. The third-order valence-electron chi connectivity index (χ3n) is 30.7. The van der Waals surface area contributed by atoms with Crippen molar-refractivity contribution in [1.29, 1.82) is 0 Å². The van der Waals surface area contributed by atoms with Crippen LogP contribution in [0.2, 0.25) is 0 Å². The quantitative estimate of drug-likeness (QED) is 0.0411. The average molecular weight is 1730 g/mol. The molecular weight excluding hydrogens is 1560 g/mol. The first-order chi connectivity index (χ1) is 59.5. The van der Waals surface area contributed by atoms with E-state index in [1.165, 1.54) is 269 Å². The molecule has 123 heavy (non-hydrogen) atoms. The lowest BCUT2D eigenvalue weighted by Gasteiger charge is -2.38. The maximum atomic E-state index is 14.6. The van der Waals surface area contributed by atoms with E-state index in [-0.39, 0.29) is 35.2 Å². The van der Waals surface area contributed by atoms with Crippen LogP contribution in [0.15, 0.2) is 36.4 Å². The van der Waals surface area contributed by atoms with E-state index in [1.54, 1.807) is 59.8 Å². The van der Waals surface area contributed by atoms with Crippen LogP contribution in [-0.2, 0) is 16.0 Å². The van der Waals surface area contributed by atoms with Gasteiger partial charge >= 0.3 is 0 Å². The number of hydrogen-bond donors (Lipinski definition) is 1. The van der Waals surface area contributed by atoms with Crippen LogP contribution in [0.5, 0.6) is 23.0 Å². The SMILES string of the molecule is C1CCOC1.CCCC1CCC(C2CCC(/C=C/c3c(C)cc(OCC)c(F)c3F)CC2)CC1.CCCC1CCC(C2CCC(CC(O)c3c(C)cc(OCC)c(F)c3F)CC2)CC1.CCCC1CCC(C2CCC(CC=O)CC2)CC1.CCCC1CCC(C2CCC(CCc3c(C)cc(OCC)c(F)c3F)CC2)CC1.CCOc1cc(C)cc(F)c1F. The van der Waals surface area contributed by atoms with E-state index >= 15 is 0 Å². The van der Waals surface area contributed by atoms with Gasteiger partial charge in [-0.15, -0.1) is 0 Å². The lowest BCUT2D eigenvalue weighted by atomic mass is 9.68. The molecule has 0 radical (unpaired) electrons. The van der Waals surface area contributed by atoms with E-state index in [0.29, 0.717) is 72.7 Å². The first-order valence-electron chi connectivity index (χ1n) is 50.3. The van der Waals surface area contributed by atoms with Gasteiger partial charge in [-0.05, 0) is 369 Å². The maximum absolute atomic E-state index is 14.6. The minimum absolute atomic E-state index is 0.00816. The number of aliphatic hydroxyl groups is 1. The molecule has 0 bridgehead atoms. The Kier molecular flexibility index (Phi) is 46.7. The number of halogens is 8. The fourth-order valence-corrected chi connectivity index (χ4v) is 23.5. The number of ether oxygens (including phenoxy) is 5. The van der Waals surface area contributed by atoms with Crippen molar-refractivity contribution in [3.8, 4) is 23.0 Å². The van der Waals surface area contributed by atoms with Gasteiger partial charge in [0.15, 0.2) is 46.3 Å². The topological polar surface area (TPSA) is 83.5 Å². The smallest absolute Gasteiger partial charge is 0.201 e. The van der Waals surface area contributed by atoms with Crippen molar-refractivity contribution in [2.75, 3.05) is 39.6 Å². The van der Waals surface area contributed by atoms with Gasteiger partial charge in [-0.1, -0.05) is 168 Å². The predicted octanol–water partition coefficient (Wildman–Crippen LogP) is 32.1. The monoisotopic (exact) mass is 1730 g/mol. The Morgan fingerprint density at radius 1 is 0.366 bits per heavy atom. The fourth-order valence-electron chi connectivity index (χ4n) is 23.5. The fraction of sp³-hybridized carbons (Fsp3) is 0.750. The number of benzene rings is 4. The predicted molar refractivity (Wildman–Crippen MR) is 490 cm³/mol. The molecule has 696 valence electrons. The molecule has 1 heterocycles. The zero-order valence-electron chi connectivity index (χ0n) is 78.6. The Morgan fingerprint density at radius 3 is 1.05 bits per heavy atom.